The molecule has 19 heavy (non-hydrogen) atoms. The fourth-order valence-corrected chi connectivity index (χ4v) is 1.44. The average molecular weight is 261 g/mol. The normalized spacial score (nSPS) is 9.95. The van der Waals surface area contributed by atoms with E-state index in [0.717, 1.165) is 11.8 Å². The Balaban J connectivity index is 1.88. The van der Waals surface area contributed by atoms with Gasteiger partial charge in [0.1, 0.15) is 5.75 Å². The van der Waals surface area contributed by atoms with Gasteiger partial charge in [-0.3, -0.25) is 4.98 Å². The molecule has 0 aliphatic rings. The lowest BCUT2D eigenvalue weighted by molar-refractivity contribution is 0.251. The second-order valence-electron chi connectivity index (χ2n) is 3.83. The van der Waals surface area contributed by atoms with Gasteiger partial charge in [0.05, 0.1) is 11.9 Å². The molecule has 0 radical (unpaired) electrons. The van der Waals surface area contributed by atoms with Crippen molar-refractivity contribution in [2.45, 2.75) is 6.54 Å². The molecule has 0 aliphatic carbocycles. The standard InChI is InChI=1S/C13H12FN3O2/c14-11-8-15-6-5-12(11)17-13(19)16-7-9-1-3-10(18)4-2-9/h1-6,8,18H,7H2,(H2,15,16,17,19). The first-order valence-electron chi connectivity index (χ1n) is 5.57. The van der Waals surface area contributed by atoms with Crippen molar-refractivity contribution in [3.8, 4) is 5.75 Å². The number of amides is 2. The predicted molar refractivity (Wildman–Crippen MR) is 68.2 cm³/mol. The number of nitrogens with zero attached hydrogens (tertiary/aromatic N) is 1. The molecule has 2 amide bonds. The molecular formula is C13H12FN3O2. The first-order valence-corrected chi connectivity index (χ1v) is 5.57. The Labute approximate surface area is 109 Å². The molecule has 1 aromatic carbocycles. The monoisotopic (exact) mass is 261 g/mol. The summed E-state index contributed by atoms with van der Waals surface area (Å²) in [5.74, 6) is -0.436. The molecule has 0 fully saturated rings. The third-order valence-corrected chi connectivity index (χ3v) is 2.41. The molecule has 0 atom stereocenters. The molecule has 0 saturated heterocycles. The van der Waals surface area contributed by atoms with E-state index in [1.165, 1.54) is 24.4 Å². The van der Waals surface area contributed by atoms with Crippen molar-refractivity contribution >= 4 is 11.7 Å². The zero-order valence-corrected chi connectivity index (χ0v) is 9.93. The van der Waals surface area contributed by atoms with E-state index in [2.05, 4.69) is 15.6 Å². The summed E-state index contributed by atoms with van der Waals surface area (Å²) in [5.41, 5.74) is 0.890. The highest BCUT2D eigenvalue weighted by molar-refractivity contribution is 5.89. The van der Waals surface area contributed by atoms with Gasteiger partial charge in [-0.1, -0.05) is 12.1 Å². The lowest BCUT2D eigenvalue weighted by Crippen LogP contribution is -2.28. The van der Waals surface area contributed by atoms with Crippen LogP contribution in [0.1, 0.15) is 5.56 Å². The van der Waals surface area contributed by atoms with Crippen LogP contribution in [-0.4, -0.2) is 16.1 Å². The molecule has 0 unspecified atom stereocenters. The van der Waals surface area contributed by atoms with E-state index in [4.69, 9.17) is 5.11 Å². The molecule has 1 heterocycles. The van der Waals surface area contributed by atoms with Crippen molar-refractivity contribution < 1.29 is 14.3 Å². The Morgan fingerprint density at radius 1 is 1.26 bits per heavy atom. The number of hydrogen-bond acceptors (Lipinski definition) is 3. The summed E-state index contributed by atoms with van der Waals surface area (Å²) in [6.45, 7) is 0.277. The molecule has 6 heteroatoms. The number of nitrogens with one attached hydrogen (secondary N) is 2. The highest BCUT2D eigenvalue weighted by atomic mass is 19.1. The number of urea groups is 1. The van der Waals surface area contributed by atoms with Crippen LogP contribution >= 0.6 is 0 Å². The number of carbonyl (C=O) groups excluding carboxylic acids is 1. The summed E-state index contributed by atoms with van der Waals surface area (Å²) in [4.78, 5) is 15.1. The van der Waals surface area contributed by atoms with Crippen LogP contribution < -0.4 is 10.6 Å². The third-order valence-electron chi connectivity index (χ3n) is 2.41. The number of aromatic hydroxyl groups is 1. The number of anilines is 1. The first-order chi connectivity index (χ1) is 9.15. The van der Waals surface area contributed by atoms with Crippen LogP contribution in [-0.2, 0) is 6.54 Å². The van der Waals surface area contributed by atoms with Crippen LogP contribution in [0.3, 0.4) is 0 Å². The van der Waals surface area contributed by atoms with Gasteiger partial charge in [0.25, 0.3) is 0 Å². The van der Waals surface area contributed by atoms with Crippen molar-refractivity contribution in [2.24, 2.45) is 0 Å². The predicted octanol–water partition coefficient (Wildman–Crippen LogP) is 2.25. The van der Waals surface area contributed by atoms with Crippen molar-refractivity contribution in [3.05, 3.63) is 54.1 Å². The summed E-state index contributed by atoms with van der Waals surface area (Å²) < 4.78 is 13.2. The summed E-state index contributed by atoms with van der Waals surface area (Å²) >= 11 is 0. The minimum atomic E-state index is -0.595. The van der Waals surface area contributed by atoms with E-state index < -0.39 is 11.8 Å². The third kappa shape index (κ3) is 3.67. The second kappa shape index (κ2) is 5.81. The molecular weight excluding hydrogens is 249 g/mol. The van der Waals surface area contributed by atoms with Crippen LogP contribution in [0.25, 0.3) is 0 Å². The Hall–Kier alpha value is -2.63. The lowest BCUT2D eigenvalue weighted by atomic mass is 10.2. The number of benzene rings is 1. The summed E-state index contributed by atoms with van der Waals surface area (Å²) in [7, 11) is 0. The quantitative estimate of drug-likeness (QED) is 0.793. The van der Waals surface area contributed by atoms with E-state index in [1.54, 1.807) is 12.1 Å². The molecule has 5 nitrogen and oxygen atoms in total. The maximum absolute atomic E-state index is 13.2. The van der Waals surface area contributed by atoms with E-state index in [-0.39, 0.29) is 18.0 Å². The minimum absolute atomic E-state index is 0.0678. The topological polar surface area (TPSA) is 74.2 Å². The van der Waals surface area contributed by atoms with Crippen molar-refractivity contribution in [3.63, 3.8) is 0 Å². The smallest absolute Gasteiger partial charge is 0.319 e. The highest BCUT2D eigenvalue weighted by Gasteiger charge is 2.05. The molecule has 0 aliphatic heterocycles. The molecule has 2 aromatic rings. The Kier molecular flexibility index (Phi) is 3.92. The van der Waals surface area contributed by atoms with E-state index in [0.29, 0.717) is 0 Å². The Morgan fingerprint density at radius 3 is 2.68 bits per heavy atom. The number of phenols is 1. The molecule has 0 spiro atoms. The lowest BCUT2D eigenvalue weighted by Gasteiger charge is -2.08. The SMILES string of the molecule is O=C(NCc1ccc(O)cc1)Nc1ccncc1F. The minimum Gasteiger partial charge on any atom is -0.508 e. The molecule has 98 valence electrons. The van der Waals surface area contributed by atoms with Gasteiger partial charge in [0, 0.05) is 12.7 Å². The average Bonchev–Trinajstić information content (AvgIpc) is 2.41. The largest absolute Gasteiger partial charge is 0.508 e. The van der Waals surface area contributed by atoms with Gasteiger partial charge in [-0.05, 0) is 23.8 Å². The Morgan fingerprint density at radius 2 is 2.00 bits per heavy atom. The van der Waals surface area contributed by atoms with Crippen molar-refractivity contribution in [1.82, 2.24) is 10.3 Å². The number of halogens is 1. The van der Waals surface area contributed by atoms with Crippen LogP contribution in [0.5, 0.6) is 5.75 Å². The zero-order chi connectivity index (χ0) is 13.7. The number of rotatable bonds is 3. The van der Waals surface area contributed by atoms with Crippen LogP contribution in [0.2, 0.25) is 0 Å². The number of hydrogen-bond donors (Lipinski definition) is 3. The van der Waals surface area contributed by atoms with Gasteiger partial charge in [-0.2, -0.15) is 0 Å². The molecule has 0 saturated carbocycles. The van der Waals surface area contributed by atoms with Gasteiger partial charge in [0.2, 0.25) is 0 Å². The fraction of sp³-hybridized carbons (Fsp3) is 0.0769. The zero-order valence-electron chi connectivity index (χ0n) is 9.93. The number of carbonyl (C=O) groups is 1. The number of aromatic nitrogens is 1. The fourth-order valence-electron chi connectivity index (χ4n) is 1.44. The van der Waals surface area contributed by atoms with Gasteiger partial charge in [0.15, 0.2) is 5.82 Å². The highest BCUT2D eigenvalue weighted by Crippen LogP contribution is 2.11. The van der Waals surface area contributed by atoms with E-state index in [9.17, 15) is 9.18 Å². The first kappa shape index (κ1) is 12.8. The maximum atomic E-state index is 13.2. The van der Waals surface area contributed by atoms with Crippen LogP contribution in [0.4, 0.5) is 14.9 Å². The summed E-state index contributed by atoms with van der Waals surface area (Å²) in [6, 6.07) is 7.27. The van der Waals surface area contributed by atoms with Gasteiger partial charge < -0.3 is 15.7 Å². The van der Waals surface area contributed by atoms with Crippen LogP contribution in [0.15, 0.2) is 42.7 Å². The van der Waals surface area contributed by atoms with Gasteiger partial charge in [-0.25, -0.2) is 9.18 Å². The Bertz CT molecular complexity index is 572. The summed E-state index contributed by atoms with van der Waals surface area (Å²) in [5, 5.41) is 14.1. The van der Waals surface area contributed by atoms with Gasteiger partial charge in [-0.15, -0.1) is 0 Å². The molecule has 3 N–H and O–H groups in total. The van der Waals surface area contributed by atoms with Gasteiger partial charge >= 0.3 is 6.03 Å². The second-order valence-corrected chi connectivity index (χ2v) is 3.83. The molecule has 1 aromatic heterocycles. The number of phenolic OH excluding ortho intramolecular Hbond substituents is 1. The summed E-state index contributed by atoms with van der Waals surface area (Å²) in [6.07, 6.45) is 2.41. The van der Waals surface area contributed by atoms with E-state index >= 15 is 0 Å². The molecule has 2 rings (SSSR count). The number of pyridine rings is 1. The van der Waals surface area contributed by atoms with Crippen LogP contribution in [0, 0.1) is 5.82 Å². The molecule has 0 bridgehead atoms. The van der Waals surface area contributed by atoms with E-state index in [1.807, 2.05) is 0 Å². The maximum Gasteiger partial charge on any atom is 0.319 e. The van der Waals surface area contributed by atoms with Crippen molar-refractivity contribution in [1.29, 1.82) is 0 Å². The van der Waals surface area contributed by atoms with Crippen molar-refractivity contribution in [2.75, 3.05) is 5.32 Å².